The maximum atomic E-state index is 12.8. The molecule has 0 aromatic carbocycles. The number of halogens is 3. The van der Waals surface area contributed by atoms with E-state index in [2.05, 4.69) is 10.4 Å². The highest BCUT2D eigenvalue weighted by atomic mass is 19.4. The molecule has 0 saturated heterocycles. The van der Waals surface area contributed by atoms with Gasteiger partial charge in [-0.05, 0) is 0 Å². The highest BCUT2D eigenvalue weighted by molar-refractivity contribution is 5.98. The van der Waals surface area contributed by atoms with Gasteiger partial charge in [0.25, 0.3) is 5.91 Å². The average Bonchev–Trinajstić information content (AvgIpc) is 2.84. The number of nitrogens with one attached hydrogen (secondary N) is 3. The molecular formula is C11H14F3N5O4. The van der Waals surface area contributed by atoms with Crippen molar-refractivity contribution in [2.24, 2.45) is 7.05 Å². The van der Waals surface area contributed by atoms with Gasteiger partial charge >= 0.3 is 12.3 Å². The summed E-state index contributed by atoms with van der Waals surface area (Å²) in [5.74, 6) is -1.98. The van der Waals surface area contributed by atoms with Crippen LogP contribution in [0.1, 0.15) is 16.1 Å². The SMILES string of the molecule is CNC(=O)[C@H](CNC(=O)O)NC(=O)c1cn(C)nc1C(F)(F)F. The minimum absolute atomic E-state index is 0.512. The van der Waals surface area contributed by atoms with Crippen LogP contribution in [0.4, 0.5) is 18.0 Å². The number of amides is 3. The predicted molar refractivity (Wildman–Crippen MR) is 69.6 cm³/mol. The number of aromatic nitrogens is 2. The number of nitrogens with zero attached hydrogens (tertiary/aromatic N) is 2. The summed E-state index contributed by atoms with van der Waals surface area (Å²) < 4.78 is 39.2. The third-order valence-electron chi connectivity index (χ3n) is 2.67. The minimum atomic E-state index is -4.85. The quantitative estimate of drug-likeness (QED) is 0.579. The van der Waals surface area contributed by atoms with Crippen molar-refractivity contribution in [2.75, 3.05) is 13.6 Å². The van der Waals surface area contributed by atoms with Crippen molar-refractivity contribution in [3.8, 4) is 0 Å². The van der Waals surface area contributed by atoms with Gasteiger partial charge < -0.3 is 21.1 Å². The average molecular weight is 337 g/mol. The van der Waals surface area contributed by atoms with E-state index in [0.29, 0.717) is 0 Å². The summed E-state index contributed by atoms with van der Waals surface area (Å²) in [6, 6.07) is -1.38. The number of carbonyl (C=O) groups excluding carboxylic acids is 2. The summed E-state index contributed by atoms with van der Waals surface area (Å²) in [5.41, 5.74) is -2.18. The van der Waals surface area contributed by atoms with Gasteiger partial charge in [-0.2, -0.15) is 18.3 Å². The van der Waals surface area contributed by atoms with Crippen molar-refractivity contribution in [2.45, 2.75) is 12.2 Å². The van der Waals surface area contributed by atoms with E-state index in [1.165, 1.54) is 14.1 Å². The van der Waals surface area contributed by atoms with Gasteiger partial charge in [-0.1, -0.05) is 0 Å². The van der Waals surface area contributed by atoms with Gasteiger partial charge in [-0.15, -0.1) is 0 Å². The largest absolute Gasteiger partial charge is 0.465 e. The van der Waals surface area contributed by atoms with Crippen LogP contribution in [-0.4, -0.2) is 52.4 Å². The van der Waals surface area contributed by atoms with E-state index in [-0.39, 0.29) is 0 Å². The molecule has 1 aromatic rings. The molecule has 0 aliphatic rings. The lowest BCUT2D eigenvalue weighted by Crippen LogP contribution is -2.52. The summed E-state index contributed by atoms with van der Waals surface area (Å²) in [5, 5.41) is 17.7. The molecule has 0 radical (unpaired) electrons. The predicted octanol–water partition coefficient (Wildman–Crippen LogP) is -0.449. The lowest BCUT2D eigenvalue weighted by Gasteiger charge is -2.17. The third-order valence-corrected chi connectivity index (χ3v) is 2.67. The van der Waals surface area contributed by atoms with Crippen molar-refractivity contribution in [1.29, 1.82) is 0 Å². The Morgan fingerprint density at radius 3 is 2.48 bits per heavy atom. The Morgan fingerprint density at radius 1 is 1.39 bits per heavy atom. The van der Waals surface area contributed by atoms with Gasteiger partial charge in [0, 0.05) is 20.3 Å². The standard InChI is InChI=1S/C11H14F3N5O4/c1-15-9(21)6(3-16-10(22)23)17-8(20)5-4-19(2)18-7(5)11(12,13)14/h4,6,16H,3H2,1-2H3,(H,15,21)(H,17,20)(H,22,23)/t6-/m0/s1. The molecule has 1 rings (SSSR count). The zero-order valence-electron chi connectivity index (χ0n) is 12.1. The molecule has 12 heteroatoms. The minimum Gasteiger partial charge on any atom is -0.465 e. The highest BCUT2D eigenvalue weighted by Gasteiger charge is 2.39. The highest BCUT2D eigenvalue weighted by Crippen LogP contribution is 2.30. The summed E-state index contributed by atoms with van der Waals surface area (Å²) in [7, 11) is 2.43. The second-order valence-electron chi connectivity index (χ2n) is 4.39. The van der Waals surface area contributed by atoms with Gasteiger partial charge in [0.15, 0.2) is 5.69 Å². The first-order valence-electron chi connectivity index (χ1n) is 6.16. The molecule has 0 saturated carbocycles. The number of carboxylic acid groups (broad SMARTS) is 1. The van der Waals surface area contributed by atoms with Crippen molar-refractivity contribution in [1.82, 2.24) is 25.7 Å². The van der Waals surface area contributed by atoms with Crippen LogP contribution >= 0.6 is 0 Å². The molecule has 3 amide bonds. The second kappa shape index (κ2) is 6.98. The van der Waals surface area contributed by atoms with Crippen LogP contribution in [0.5, 0.6) is 0 Å². The summed E-state index contributed by atoms with van der Waals surface area (Å²) in [6.45, 7) is -0.512. The molecule has 0 spiro atoms. The maximum Gasteiger partial charge on any atom is 0.435 e. The van der Waals surface area contributed by atoms with E-state index in [1.807, 2.05) is 10.6 Å². The van der Waals surface area contributed by atoms with Crippen molar-refractivity contribution >= 4 is 17.9 Å². The molecule has 1 aromatic heterocycles. The van der Waals surface area contributed by atoms with Crippen LogP contribution in [0.3, 0.4) is 0 Å². The molecule has 128 valence electrons. The van der Waals surface area contributed by atoms with E-state index in [0.717, 1.165) is 10.9 Å². The topological polar surface area (TPSA) is 125 Å². The molecular weight excluding hydrogens is 323 g/mol. The van der Waals surface area contributed by atoms with Gasteiger partial charge in [-0.25, -0.2) is 4.79 Å². The zero-order valence-corrected chi connectivity index (χ0v) is 12.1. The number of hydrogen-bond donors (Lipinski definition) is 4. The fourth-order valence-electron chi connectivity index (χ4n) is 1.67. The Balaban J connectivity index is 2.99. The fraction of sp³-hybridized carbons (Fsp3) is 0.455. The molecule has 1 atom stereocenters. The normalized spacial score (nSPS) is 12.4. The Bertz CT molecular complexity index is 613. The zero-order chi connectivity index (χ0) is 17.8. The lowest BCUT2D eigenvalue weighted by molar-refractivity contribution is -0.141. The molecule has 0 fully saturated rings. The number of rotatable bonds is 5. The van der Waals surface area contributed by atoms with E-state index in [9.17, 15) is 27.6 Å². The summed E-state index contributed by atoms with van der Waals surface area (Å²) >= 11 is 0. The first-order chi connectivity index (χ1) is 10.6. The smallest absolute Gasteiger partial charge is 0.435 e. The van der Waals surface area contributed by atoms with Crippen molar-refractivity contribution in [3.63, 3.8) is 0 Å². The van der Waals surface area contributed by atoms with E-state index in [4.69, 9.17) is 5.11 Å². The van der Waals surface area contributed by atoms with Crippen LogP contribution in [0.25, 0.3) is 0 Å². The Labute approximate surface area is 127 Å². The Kier molecular flexibility index (Phi) is 5.54. The summed E-state index contributed by atoms with van der Waals surface area (Å²) in [4.78, 5) is 34.0. The molecule has 4 N–H and O–H groups in total. The van der Waals surface area contributed by atoms with Gasteiger partial charge in [0.05, 0.1) is 12.1 Å². The number of likely N-dealkylation sites (N-methyl/N-ethyl adjacent to an activating group) is 1. The number of carbonyl (C=O) groups is 3. The van der Waals surface area contributed by atoms with Crippen molar-refractivity contribution in [3.05, 3.63) is 17.5 Å². The lowest BCUT2D eigenvalue weighted by atomic mass is 10.2. The first-order valence-corrected chi connectivity index (χ1v) is 6.16. The molecule has 0 aliphatic carbocycles. The first kappa shape index (κ1) is 18.3. The van der Waals surface area contributed by atoms with Crippen LogP contribution in [0.15, 0.2) is 6.20 Å². The van der Waals surface area contributed by atoms with Crippen LogP contribution in [0, 0.1) is 0 Å². The van der Waals surface area contributed by atoms with Crippen molar-refractivity contribution < 1.29 is 32.7 Å². The van der Waals surface area contributed by atoms with Crippen LogP contribution in [-0.2, 0) is 18.0 Å². The van der Waals surface area contributed by atoms with E-state index < -0.39 is 47.9 Å². The fourth-order valence-corrected chi connectivity index (χ4v) is 1.67. The molecule has 0 bridgehead atoms. The molecule has 0 aliphatic heterocycles. The summed E-state index contributed by atoms with van der Waals surface area (Å²) in [6.07, 6.45) is -5.45. The van der Waals surface area contributed by atoms with E-state index in [1.54, 1.807) is 0 Å². The number of alkyl halides is 3. The third kappa shape index (κ3) is 4.86. The second-order valence-corrected chi connectivity index (χ2v) is 4.39. The van der Waals surface area contributed by atoms with Crippen LogP contribution < -0.4 is 16.0 Å². The van der Waals surface area contributed by atoms with Gasteiger partial charge in [-0.3, -0.25) is 14.3 Å². The maximum absolute atomic E-state index is 12.8. The number of hydrogen-bond acceptors (Lipinski definition) is 4. The van der Waals surface area contributed by atoms with Crippen LogP contribution in [0.2, 0.25) is 0 Å². The molecule has 1 heterocycles. The molecule has 9 nitrogen and oxygen atoms in total. The van der Waals surface area contributed by atoms with Gasteiger partial charge in [0.1, 0.15) is 6.04 Å². The Morgan fingerprint density at radius 2 is 2.00 bits per heavy atom. The monoisotopic (exact) mass is 337 g/mol. The number of aryl methyl sites for hydroxylation is 1. The Hall–Kier alpha value is -2.79. The van der Waals surface area contributed by atoms with E-state index >= 15 is 0 Å². The molecule has 23 heavy (non-hydrogen) atoms. The van der Waals surface area contributed by atoms with Gasteiger partial charge in [0.2, 0.25) is 5.91 Å². The molecule has 0 unspecified atom stereocenters.